The molecule has 0 amide bonds. The lowest BCUT2D eigenvalue weighted by Crippen LogP contribution is -1.96. The summed E-state index contributed by atoms with van der Waals surface area (Å²) >= 11 is 0. The van der Waals surface area contributed by atoms with Gasteiger partial charge in [-0.05, 0) is 90.3 Å². The molecule has 0 atom stereocenters. The average Bonchev–Trinajstić information content (AvgIpc) is 3.45. The Morgan fingerprint density at radius 2 is 0.977 bits per heavy atom. The molecule has 0 saturated carbocycles. The fourth-order valence-electron chi connectivity index (χ4n) is 7.10. The molecule has 1 aromatic heterocycles. The summed E-state index contributed by atoms with van der Waals surface area (Å²) in [7, 11) is 0. The van der Waals surface area contributed by atoms with Gasteiger partial charge >= 0.3 is 0 Å². The van der Waals surface area contributed by atoms with Crippen LogP contribution in [-0.4, -0.2) is 0 Å². The number of benzene rings is 8. The molecule has 0 radical (unpaired) electrons. The SMILES string of the molecule is c1ccc(-c2c3ccccc3c(-c3ccc4oc5ccccc5c4c3)c3ccccc23)c(Cc2ccc3ccccc3c2)c1. The number of para-hydroxylation sites is 1. The van der Waals surface area contributed by atoms with E-state index in [0.29, 0.717) is 0 Å². The molecule has 0 aliphatic heterocycles. The molecule has 0 N–H and O–H groups in total. The highest BCUT2D eigenvalue weighted by atomic mass is 16.3. The number of hydrogen-bond donors (Lipinski definition) is 0. The van der Waals surface area contributed by atoms with E-state index in [1.165, 1.54) is 65.7 Å². The van der Waals surface area contributed by atoms with Crippen molar-refractivity contribution in [3.05, 3.63) is 169 Å². The van der Waals surface area contributed by atoms with E-state index in [9.17, 15) is 0 Å². The summed E-state index contributed by atoms with van der Waals surface area (Å²) in [4.78, 5) is 0. The molecule has 1 heteroatoms. The van der Waals surface area contributed by atoms with E-state index >= 15 is 0 Å². The van der Waals surface area contributed by atoms with Crippen LogP contribution in [0.1, 0.15) is 11.1 Å². The molecule has 8 aromatic carbocycles. The van der Waals surface area contributed by atoms with Crippen LogP contribution < -0.4 is 0 Å². The van der Waals surface area contributed by atoms with Gasteiger partial charge in [0.05, 0.1) is 0 Å². The molecule has 0 spiro atoms. The average molecular weight is 561 g/mol. The van der Waals surface area contributed by atoms with Crippen LogP contribution in [0.3, 0.4) is 0 Å². The third-order valence-corrected chi connectivity index (χ3v) is 9.09. The maximum atomic E-state index is 6.18. The Morgan fingerprint density at radius 3 is 1.75 bits per heavy atom. The molecular weight excluding hydrogens is 532 g/mol. The summed E-state index contributed by atoms with van der Waals surface area (Å²) in [6, 6.07) is 57.2. The minimum Gasteiger partial charge on any atom is -0.456 e. The van der Waals surface area contributed by atoms with Crippen LogP contribution in [0.25, 0.3) is 76.5 Å². The van der Waals surface area contributed by atoms with Crippen LogP contribution in [-0.2, 0) is 6.42 Å². The minimum absolute atomic E-state index is 0.871. The molecule has 0 saturated heterocycles. The Morgan fingerprint density at radius 1 is 0.386 bits per heavy atom. The summed E-state index contributed by atoms with van der Waals surface area (Å²) in [5.74, 6) is 0. The highest BCUT2D eigenvalue weighted by Crippen LogP contribution is 2.45. The van der Waals surface area contributed by atoms with Crippen molar-refractivity contribution in [1.29, 1.82) is 0 Å². The van der Waals surface area contributed by atoms with E-state index in [4.69, 9.17) is 4.42 Å². The van der Waals surface area contributed by atoms with Crippen LogP contribution in [0, 0.1) is 0 Å². The molecule has 0 unspecified atom stereocenters. The Hall–Kier alpha value is -5.66. The second-order valence-electron chi connectivity index (χ2n) is 11.7. The van der Waals surface area contributed by atoms with Gasteiger partial charge in [-0.15, -0.1) is 0 Å². The molecular formula is C43H28O. The van der Waals surface area contributed by atoms with Crippen molar-refractivity contribution < 1.29 is 4.42 Å². The van der Waals surface area contributed by atoms with Crippen molar-refractivity contribution >= 4 is 54.3 Å². The molecule has 0 fully saturated rings. The van der Waals surface area contributed by atoms with Crippen LogP contribution in [0.4, 0.5) is 0 Å². The first-order chi connectivity index (χ1) is 21.8. The smallest absolute Gasteiger partial charge is 0.135 e. The van der Waals surface area contributed by atoms with E-state index in [0.717, 1.165) is 28.4 Å². The summed E-state index contributed by atoms with van der Waals surface area (Å²) in [6.45, 7) is 0. The van der Waals surface area contributed by atoms with E-state index in [1.807, 2.05) is 12.1 Å². The highest BCUT2D eigenvalue weighted by molar-refractivity contribution is 6.22. The van der Waals surface area contributed by atoms with Crippen molar-refractivity contribution in [3.63, 3.8) is 0 Å². The predicted molar refractivity (Wildman–Crippen MR) is 186 cm³/mol. The number of furan rings is 1. The predicted octanol–water partition coefficient (Wildman–Crippen LogP) is 12.0. The van der Waals surface area contributed by atoms with Crippen molar-refractivity contribution in [1.82, 2.24) is 0 Å². The minimum atomic E-state index is 0.871. The molecule has 0 aliphatic rings. The summed E-state index contributed by atoms with van der Waals surface area (Å²) in [5, 5.41) is 9.91. The van der Waals surface area contributed by atoms with Gasteiger partial charge in [0.2, 0.25) is 0 Å². The van der Waals surface area contributed by atoms with E-state index < -0.39 is 0 Å². The topological polar surface area (TPSA) is 13.1 Å². The van der Waals surface area contributed by atoms with Gasteiger partial charge in [-0.1, -0.05) is 140 Å². The summed E-state index contributed by atoms with van der Waals surface area (Å²) < 4.78 is 6.18. The first kappa shape index (κ1) is 24.9. The lowest BCUT2D eigenvalue weighted by molar-refractivity contribution is 0.669. The number of fused-ring (bicyclic) bond motifs is 6. The van der Waals surface area contributed by atoms with Crippen LogP contribution in [0.2, 0.25) is 0 Å². The lowest BCUT2D eigenvalue weighted by Gasteiger charge is -2.19. The van der Waals surface area contributed by atoms with Crippen LogP contribution in [0.5, 0.6) is 0 Å². The van der Waals surface area contributed by atoms with Gasteiger partial charge in [-0.2, -0.15) is 0 Å². The fourth-order valence-corrected chi connectivity index (χ4v) is 7.10. The first-order valence-corrected chi connectivity index (χ1v) is 15.2. The van der Waals surface area contributed by atoms with E-state index in [-0.39, 0.29) is 0 Å². The van der Waals surface area contributed by atoms with Gasteiger partial charge in [0, 0.05) is 10.8 Å². The Bertz CT molecular complexity index is 2470. The normalized spacial score (nSPS) is 11.7. The maximum absolute atomic E-state index is 6.18. The molecule has 0 aliphatic carbocycles. The Kier molecular flexibility index (Phi) is 5.64. The van der Waals surface area contributed by atoms with E-state index in [1.54, 1.807) is 0 Å². The van der Waals surface area contributed by atoms with Crippen molar-refractivity contribution in [2.45, 2.75) is 6.42 Å². The van der Waals surface area contributed by atoms with Gasteiger partial charge < -0.3 is 4.42 Å². The van der Waals surface area contributed by atoms with Crippen LogP contribution in [0.15, 0.2) is 162 Å². The Balaban J connectivity index is 1.29. The second-order valence-corrected chi connectivity index (χ2v) is 11.7. The molecule has 9 aromatic rings. The Labute approximate surface area is 255 Å². The van der Waals surface area contributed by atoms with E-state index in [2.05, 4.69) is 146 Å². The molecule has 206 valence electrons. The van der Waals surface area contributed by atoms with Crippen molar-refractivity contribution in [3.8, 4) is 22.3 Å². The second kappa shape index (κ2) is 9.97. The zero-order valence-electron chi connectivity index (χ0n) is 24.1. The molecule has 1 nitrogen and oxygen atoms in total. The molecule has 9 rings (SSSR count). The first-order valence-electron chi connectivity index (χ1n) is 15.2. The van der Waals surface area contributed by atoms with Gasteiger partial charge in [0.1, 0.15) is 11.2 Å². The maximum Gasteiger partial charge on any atom is 0.135 e. The molecule has 44 heavy (non-hydrogen) atoms. The third kappa shape index (κ3) is 3.94. The largest absolute Gasteiger partial charge is 0.456 e. The van der Waals surface area contributed by atoms with Gasteiger partial charge in [-0.25, -0.2) is 0 Å². The number of rotatable bonds is 4. The monoisotopic (exact) mass is 560 g/mol. The van der Waals surface area contributed by atoms with Crippen molar-refractivity contribution in [2.75, 3.05) is 0 Å². The van der Waals surface area contributed by atoms with Gasteiger partial charge in [0.15, 0.2) is 0 Å². The zero-order valence-corrected chi connectivity index (χ0v) is 24.1. The van der Waals surface area contributed by atoms with Gasteiger partial charge in [-0.3, -0.25) is 0 Å². The summed E-state index contributed by atoms with van der Waals surface area (Å²) in [5.41, 5.74) is 9.54. The third-order valence-electron chi connectivity index (χ3n) is 9.09. The van der Waals surface area contributed by atoms with Gasteiger partial charge in [0.25, 0.3) is 0 Å². The molecule has 0 bridgehead atoms. The quantitative estimate of drug-likeness (QED) is 0.195. The standard InChI is InChI=1S/C43H28O/c1-2-12-30-25-28(21-22-29(30)11-1)26-31-13-3-4-14-33(31)43-37-18-7-5-16-35(37)42(36-17-6-8-19-38(36)43)32-23-24-41-39(27-32)34-15-9-10-20-40(34)44-41/h1-25,27H,26H2. The highest BCUT2D eigenvalue weighted by Gasteiger charge is 2.19. The van der Waals surface area contributed by atoms with Crippen molar-refractivity contribution in [2.24, 2.45) is 0 Å². The molecule has 1 heterocycles. The summed E-state index contributed by atoms with van der Waals surface area (Å²) in [6.07, 6.45) is 0.871. The fraction of sp³-hybridized carbons (Fsp3) is 0.0233. The zero-order chi connectivity index (χ0) is 29.0. The lowest BCUT2D eigenvalue weighted by atomic mass is 9.84. The number of hydrogen-bond acceptors (Lipinski definition) is 1. The van der Waals surface area contributed by atoms with Crippen LogP contribution >= 0.6 is 0 Å².